The number of nitrogens with zero attached hydrogens (tertiary/aromatic N) is 2. The number of hydrogen-bond acceptors (Lipinski definition) is 5. The highest BCUT2D eigenvalue weighted by Gasteiger charge is 2.31. The zero-order chi connectivity index (χ0) is 24.6. The number of carbonyl (C=O) groups is 1. The van der Waals surface area contributed by atoms with E-state index >= 15 is 0 Å². The first-order valence-corrected chi connectivity index (χ1v) is 12.6. The van der Waals surface area contributed by atoms with E-state index < -0.39 is 12.1 Å². The number of carboxylic acid groups (broad SMARTS) is 1. The number of methoxy groups -OCH3 is 1. The number of fused-ring (bicyclic) bond motifs is 1. The molecule has 35 heavy (non-hydrogen) atoms. The molecule has 186 valence electrons. The summed E-state index contributed by atoms with van der Waals surface area (Å²) in [7, 11) is 1.63. The Kier molecular flexibility index (Phi) is 8.72. The molecule has 4 rings (SSSR count). The number of piperidine rings is 1. The Balaban J connectivity index is 1.35. The molecule has 3 aromatic rings. The lowest BCUT2D eigenvalue weighted by atomic mass is 9.79. The monoisotopic (exact) mass is 476 g/mol. The molecule has 1 aliphatic rings. The molecule has 6 nitrogen and oxygen atoms in total. The first kappa shape index (κ1) is 25.1. The van der Waals surface area contributed by atoms with Gasteiger partial charge in [-0.2, -0.15) is 0 Å². The number of ether oxygens (including phenoxy) is 1. The number of carboxylic acids is 1. The van der Waals surface area contributed by atoms with Crippen LogP contribution >= 0.6 is 0 Å². The van der Waals surface area contributed by atoms with Crippen molar-refractivity contribution in [1.82, 2.24) is 9.88 Å². The quantitative estimate of drug-likeness (QED) is 0.401. The Labute approximate surface area is 207 Å². The number of aryl methyl sites for hydroxylation is 1. The van der Waals surface area contributed by atoms with Crippen LogP contribution in [0, 0.1) is 11.8 Å². The molecule has 0 saturated carbocycles. The second-order valence-corrected chi connectivity index (χ2v) is 9.67. The average Bonchev–Trinajstić information content (AvgIpc) is 2.87. The molecule has 0 amide bonds. The van der Waals surface area contributed by atoms with Crippen LogP contribution < -0.4 is 4.74 Å². The van der Waals surface area contributed by atoms with Gasteiger partial charge in [0.05, 0.1) is 18.7 Å². The van der Waals surface area contributed by atoms with Crippen molar-refractivity contribution >= 4 is 16.9 Å². The van der Waals surface area contributed by atoms with Gasteiger partial charge in [-0.3, -0.25) is 9.78 Å². The fourth-order valence-corrected chi connectivity index (χ4v) is 5.44. The van der Waals surface area contributed by atoms with Crippen LogP contribution in [-0.4, -0.2) is 52.8 Å². The van der Waals surface area contributed by atoms with Crippen molar-refractivity contribution in [3.8, 4) is 5.75 Å². The molecule has 6 heteroatoms. The van der Waals surface area contributed by atoms with E-state index in [4.69, 9.17) is 4.74 Å². The highest BCUT2D eigenvalue weighted by molar-refractivity contribution is 5.83. The van der Waals surface area contributed by atoms with Gasteiger partial charge >= 0.3 is 5.97 Å². The molecule has 2 N–H and O–H groups in total. The number of aliphatic hydroxyl groups is 1. The molecule has 1 fully saturated rings. The molecule has 0 radical (unpaired) electrons. The normalized spacial score (nSPS) is 19.5. The van der Waals surface area contributed by atoms with Gasteiger partial charge in [0.1, 0.15) is 5.75 Å². The van der Waals surface area contributed by atoms with Gasteiger partial charge < -0.3 is 19.8 Å². The maximum absolute atomic E-state index is 11.6. The molecule has 2 heterocycles. The third kappa shape index (κ3) is 6.80. The summed E-state index contributed by atoms with van der Waals surface area (Å²) in [4.78, 5) is 18.4. The van der Waals surface area contributed by atoms with Gasteiger partial charge in [-0.15, -0.1) is 0 Å². The predicted octanol–water partition coefficient (Wildman–Crippen LogP) is 5.10. The lowest BCUT2D eigenvalue weighted by molar-refractivity contribution is -0.139. The molecule has 0 unspecified atom stereocenters. The lowest BCUT2D eigenvalue weighted by Gasteiger charge is -2.38. The minimum Gasteiger partial charge on any atom is -0.497 e. The summed E-state index contributed by atoms with van der Waals surface area (Å²) in [5, 5.41) is 21.5. The first-order valence-electron chi connectivity index (χ1n) is 12.6. The van der Waals surface area contributed by atoms with E-state index in [-0.39, 0.29) is 12.3 Å². The second-order valence-electron chi connectivity index (χ2n) is 9.67. The second kappa shape index (κ2) is 12.1. The zero-order valence-corrected chi connectivity index (χ0v) is 20.5. The van der Waals surface area contributed by atoms with E-state index in [9.17, 15) is 15.0 Å². The number of aliphatic carboxylic acids is 1. The Morgan fingerprint density at radius 3 is 2.77 bits per heavy atom. The first-order chi connectivity index (χ1) is 17.0. The van der Waals surface area contributed by atoms with Gasteiger partial charge in [0.2, 0.25) is 0 Å². The highest BCUT2D eigenvalue weighted by atomic mass is 16.5. The van der Waals surface area contributed by atoms with Crippen molar-refractivity contribution in [3.05, 3.63) is 71.9 Å². The molecule has 0 bridgehead atoms. The van der Waals surface area contributed by atoms with Crippen LogP contribution in [0.15, 0.2) is 60.8 Å². The highest BCUT2D eigenvalue weighted by Crippen LogP contribution is 2.34. The summed E-state index contributed by atoms with van der Waals surface area (Å²) in [6, 6.07) is 18.1. The summed E-state index contributed by atoms with van der Waals surface area (Å²) in [6.45, 7) is 2.80. The molecule has 0 aliphatic carbocycles. The van der Waals surface area contributed by atoms with Gasteiger partial charge in [0, 0.05) is 24.5 Å². The average molecular weight is 477 g/mol. The van der Waals surface area contributed by atoms with Crippen LogP contribution in [0.2, 0.25) is 0 Å². The summed E-state index contributed by atoms with van der Waals surface area (Å²) >= 11 is 0. The van der Waals surface area contributed by atoms with Crippen LogP contribution in [-0.2, 0) is 11.2 Å². The maximum Gasteiger partial charge on any atom is 0.303 e. The lowest BCUT2D eigenvalue weighted by Crippen LogP contribution is -2.42. The number of likely N-dealkylation sites (tertiary alicyclic amines) is 1. The molecule has 2 aromatic carbocycles. The fraction of sp³-hybridized carbons (Fsp3) is 0.448. The number of aromatic nitrogens is 1. The number of rotatable bonds is 11. The molecule has 1 aliphatic heterocycles. The molecular formula is C29H36N2O4. The molecule has 1 saturated heterocycles. The Bertz CT molecular complexity index is 1100. The van der Waals surface area contributed by atoms with Gasteiger partial charge in [0.25, 0.3) is 0 Å². The molecule has 0 spiro atoms. The maximum atomic E-state index is 11.6. The minimum atomic E-state index is -0.737. The molecule has 3 atom stereocenters. The van der Waals surface area contributed by atoms with Crippen molar-refractivity contribution in [1.29, 1.82) is 0 Å². The topological polar surface area (TPSA) is 82.9 Å². The number of benzene rings is 2. The van der Waals surface area contributed by atoms with E-state index in [0.29, 0.717) is 12.3 Å². The Hall–Kier alpha value is -2.96. The number of pyridine rings is 1. The Morgan fingerprint density at radius 2 is 2.00 bits per heavy atom. The largest absolute Gasteiger partial charge is 0.497 e. The van der Waals surface area contributed by atoms with Gasteiger partial charge in [-0.05, 0) is 92.4 Å². The van der Waals surface area contributed by atoms with Crippen LogP contribution in [0.3, 0.4) is 0 Å². The van der Waals surface area contributed by atoms with Gasteiger partial charge in [-0.1, -0.05) is 30.3 Å². The SMILES string of the molecule is COc1ccc2nccc([C@@H](O)CC[C@@H]3CCN(CCCc4ccccc4)C[C@@H]3CC(=O)O)c2c1. The van der Waals surface area contributed by atoms with Crippen LogP contribution in [0.25, 0.3) is 10.9 Å². The molecular weight excluding hydrogens is 440 g/mol. The summed E-state index contributed by atoms with van der Waals surface area (Å²) in [5.41, 5.74) is 3.02. The number of hydrogen-bond donors (Lipinski definition) is 2. The number of aliphatic hydroxyl groups excluding tert-OH is 1. The summed E-state index contributed by atoms with van der Waals surface area (Å²) in [6.07, 6.45) is 5.80. The van der Waals surface area contributed by atoms with Crippen molar-refractivity contribution in [2.45, 2.75) is 44.6 Å². The standard InChI is InChI=1S/C29H36N2O4/c1-35-24-10-11-27-26(19-24)25(13-15-30-27)28(32)12-9-22-14-17-31(20-23(22)18-29(33)34)16-5-8-21-6-3-2-4-7-21/h2-4,6-7,10-11,13,15,19,22-23,28,32H,5,8-9,12,14,16-18,20H2,1H3,(H,33,34)/t22-,23+,28+/m1/s1. The minimum absolute atomic E-state index is 0.111. The van der Waals surface area contributed by atoms with Crippen molar-refractivity contribution in [2.24, 2.45) is 11.8 Å². The summed E-state index contributed by atoms with van der Waals surface area (Å²) in [5.74, 6) is 0.409. The van der Waals surface area contributed by atoms with Crippen LogP contribution in [0.5, 0.6) is 5.75 Å². The van der Waals surface area contributed by atoms with Crippen molar-refractivity contribution in [2.75, 3.05) is 26.7 Å². The van der Waals surface area contributed by atoms with E-state index in [1.807, 2.05) is 30.3 Å². The van der Waals surface area contributed by atoms with Crippen molar-refractivity contribution < 1.29 is 19.7 Å². The molecule has 1 aromatic heterocycles. The van der Waals surface area contributed by atoms with Crippen molar-refractivity contribution in [3.63, 3.8) is 0 Å². The van der Waals surface area contributed by atoms with Crippen LogP contribution in [0.1, 0.15) is 49.3 Å². The fourth-order valence-electron chi connectivity index (χ4n) is 5.44. The zero-order valence-electron chi connectivity index (χ0n) is 20.5. The van der Waals surface area contributed by atoms with E-state index in [2.05, 4.69) is 34.1 Å². The predicted molar refractivity (Wildman–Crippen MR) is 138 cm³/mol. The van der Waals surface area contributed by atoms with E-state index in [1.54, 1.807) is 13.3 Å². The van der Waals surface area contributed by atoms with Gasteiger partial charge in [-0.25, -0.2) is 0 Å². The van der Waals surface area contributed by atoms with E-state index in [1.165, 1.54) is 5.56 Å². The Morgan fingerprint density at radius 1 is 1.17 bits per heavy atom. The van der Waals surface area contributed by atoms with Gasteiger partial charge in [0.15, 0.2) is 0 Å². The third-order valence-electron chi connectivity index (χ3n) is 7.35. The third-order valence-corrected chi connectivity index (χ3v) is 7.35. The summed E-state index contributed by atoms with van der Waals surface area (Å²) < 4.78 is 5.36. The van der Waals surface area contributed by atoms with E-state index in [0.717, 1.165) is 67.5 Å². The van der Waals surface area contributed by atoms with Crippen LogP contribution in [0.4, 0.5) is 0 Å². The smallest absolute Gasteiger partial charge is 0.303 e.